The van der Waals surface area contributed by atoms with Gasteiger partial charge in [0.25, 0.3) is 0 Å². The van der Waals surface area contributed by atoms with Gasteiger partial charge in [0.05, 0.1) is 11.1 Å². The van der Waals surface area contributed by atoms with Crippen LogP contribution in [0.25, 0.3) is 28.5 Å². The monoisotopic (exact) mass is 449 g/mol. The summed E-state index contributed by atoms with van der Waals surface area (Å²) in [7, 11) is 0. The number of benzene rings is 3. The van der Waals surface area contributed by atoms with Crippen molar-refractivity contribution in [2.75, 3.05) is 0 Å². The van der Waals surface area contributed by atoms with Gasteiger partial charge in [-0.05, 0) is 54.9 Å². The van der Waals surface area contributed by atoms with E-state index in [0.29, 0.717) is 12.8 Å². The molecule has 1 saturated carbocycles. The molecule has 4 heteroatoms. The van der Waals surface area contributed by atoms with E-state index in [1.54, 1.807) is 0 Å². The van der Waals surface area contributed by atoms with Crippen molar-refractivity contribution in [2.45, 2.75) is 38.0 Å². The molecule has 4 nitrogen and oxygen atoms in total. The molecule has 1 fully saturated rings. The van der Waals surface area contributed by atoms with Crippen LogP contribution in [0.3, 0.4) is 0 Å². The fraction of sp³-hybridized carbons (Fsp3) is 0.200. The first-order chi connectivity index (χ1) is 16.6. The molecule has 1 N–H and O–H groups in total. The van der Waals surface area contributed by atoms with Gasteiger partial charge in [0.2, 0.25) is 0 Å². The average Bonchev–Trinajstić information content (AvgIpc) is 3.61. The maximum atomic E-state index is 11.9. The standard InChI is InChI=1S/C30H27NO3/c1-21-25(12-6-5-11-22-9-3-2-4-10-22)28(34-31-21)24-17-15-23(16-18-24)26-13-7-8-14-27(26)30(19-20-30)29(32)33/h2-4,6-10,12-18H,5,11,19-20H2,1H3,(H,32,33)/b12-6+. The molecular formula is C30H27NO3. The Morgan fingerprint density at radius 1 is 0.971 bits per heavy atom. The molecule has 1 heterocycles. The molecule has 1 aliphatic carbocycles. The van der Waals surface area contributed by atoms with Crippen molar-refractivity contribution in [3.8, 4) is 22.5 Å². The van der Waals surface area contributed by atoms with Crippen LogP contribution >= 0.6 is 0 Å². The SMILES string of the molecule is Cc1noc(-c2ccc(-c3ccccc3C3(C(=O)O)CC3)cc2)c1/C=C/CCc1ccccc1. The molecule has 1 aliphatic rings. The number of aryl methyl sites for hydroxylation is 2. The van der Waals surface area contributed by atoms with Gasteiger partial charge < -0.3 is 9.63 Å². The number of hydrogen-bond acceptors (Lipinski definition) is 3. The largest absolute Gasteiger partial charge is 0.481 e. The Kier molecular flexibility index (Phi) is 5.89. The molecule has 0 atom stereocenters. The van der Waals surface area contributed by atoms with Gasteiger partial charge in [0.15, 0.2) is 5.76 Å². The number of aromatic nitrogens is 1. The summed E-state index contributed by atoms with van der Waals surface area (Å²) in [6.45, 7) is 1.95. The molecule has 0 radical (unpaired) electrons. The fourth-order valence-electron chi connectivity index (χ4n) is 4.55. The Morgan fingerprint density at radius 3 is 2.35 bits per heavy atom. The summed E-state index contributed by atoms with van der Waals surface area (Å²) in [5.41, 5.74) is 6.25. The van der Waals surface area contributed by atoms with Gasteiger partial charge in [-0.25, -0.2) is 0 Å². The van der Waals surface area contributed by atoms with Gasteiger partial charge in [-0.3, -0.25) is 4.79 Å². The summed E-state index contributed by atoms with van der Waals surface area (Å²) in [4.78, 5) is 11.9. The zero-order chi connectivity index (χ0) is 23.5. The third-order valence-electron chi connectivity index (χ3n) is 6.70. The molecule has 0 unspecified atom stereocenters. The molecule has 0 aliphatic heterocycles. The van der Waals surface area contributed by atoms with Crippen LogP contribution in [0, 0.1) is 6.92 Å². The Hall–Kier alpha value is -3.92. The van der Waals surface area contributed by atoms with Crippen LogP contribution in [-0.4, -0.2) is 16.2 Å². The summed E-state index contributed by atoms with van der Waals surface area (Å²) in [6.07, 6.45) is 7.57. The summed E-state index contributed by atoms with van der Waals surface area (Å²) >= 11 is 0. The van der Waals surface area contributed by atoms with Crippen LogP contribution in [-0.2, 0) is 16.6 Å². The summed E-state index contributed by atoms with van der Waals surface area (Å²) < 4.78 is 5.68. The summed E-state index contributed by atoms with van der Waals surface area (Å²) in [6, 6.07) is 26.4. The predicted molar refractivity (Wildman–Crippen MR) is 134 cm³/mol. The fourth-order valence-corrected chi connectivity index (χ4v) is 4.55. The van der Waals surface area contributed by atoms with E-state index in [1.807, 2.05) is 61.5 Å². The molecular weight excluding hydrogens is 422 g/mol. The van der Waals surface area contributed by atoms with E-state index >= 15 is 0 Å². The van der Waals surface area contributed by atoms with Crippen molar-refractivity contribution in [2.24, 2.45) is 0 Å². The van der Waals surface area contributed by atoms with Crippen LogP contribution in [0.15, 0.2) is 89.5 Å². The van der Waals surface area contributed by atoms with E-state index in [4.69, 9.17) is 4.52 Å². The molecule has 3 aromatic carbocycles. The summed E-state index contributed by atoms with van der Waals surface area (Å²) in [5.74, 6) is 0.00916. The highest BCUT2D eigenvalue weighted by Gasteiger charge is 2.52. The van der Waals surface area contributed by atoms with E-state index in [-0.39, 0.29) is 0 Å². The van der Waals surface area contributed by atoms with E-state index in [9.17, 15) is 9.90 Å². The Balaban J connectivity index is 1.37. The second kappa shape index (κ2) is 9.14. The van der Waals surface area contributed by atoms with Crippen LogP contribution in [0.1, 0.15) is 41.6 Å². The molecule has 0 amide bonds. The number of carboxylic acid groups (broad SMARTS) is 1. The van der Waals surface area contributed by atoms with Gasteiger partial charge in [-0.1, -0.05) is 96.2 Å². The maximum absolute atomic E-state index is 11.9. The Labute approximate surface area is 199 Å². The lowest BCUT2D eigenvalue weighted by Gasteiger charge is -2.16. The number of allylic oxidation sites excluding steroid dienone is 1. The third kappa shape index (κ3) is 4.19. The second-order valence-electron chi connectivity index (χ2n) is 8.95. The molecule has 1 aromatic heterocycles. The number of carbonyl (C=O) groups is 1. The van der Waals surface area contributed by atoms with E-state index in [2.05, 4.69) is 41.6 Å². The molecule has 0 bridgehead atoms. The lowest BCUT2D eigenvalue weighted by atomic mass is 9.88. The number of rotatable bonds is 8. The third-order valence-corrected chi connectivity index (χ3v) is 6.70. The lowest BCUT2D eigenvalue weighted by Crippen LogP contribution is -2.20. The molecule has 0 saturated heterocycles. The Bertz CT molecular complexity index is 1330. The lowest BCUT2D eigenvalue weighted by molar-refractivity contribution is -0.140. The number of aliphatic carboxylic acids is 1. The first-order valence-electron chi connectivity index (χ1n) is 11.7. The second-order valence-corrected chi connectivity index (χ2v) is 8.95. The zero-order valence-corrected chi connectivity index (χ0v) is 19.2. The van der Waals surface area contributed by atoms with Crippen LogP contribution < -0.4 is 0 Å². The molecule has 170 valence electrons. The normalized spacial score (nSPS) is 14.4. The van der Waals surface area contributed by atoms with Crippen molar-refractivity contribution in [3.63, 3.8) is 0 Å². The molecule has 34 heavy (non-hydrogen) atoms. The molecule has 0 spiro atoms. The van der Waals surface area contributed by atoms with Gasteiger partial charge in [0, 0.05) is 11.1 Å². The highest BCUT2D eigenvalue weighted by molar-refractivity contribution is 5.89. The number of hydrogen-bond donors (Lipinski definition) is 1. The van der Waals surface area contributed by atoms with Gasteiger partial charge in [-0.15, -0.1) is 0 Å². The average molecular weight is 450 g/mol. The minimum absolute atomic E-state index is 0.689. The number of nitrogens with zero attached hydrogens (tertiary/aromatic N) is 1. The predicted octanol–water partition coefficient (Wildman–Crippen LogP) is 7.08. The maximum Gasteiger partial charge on any atom is 0.314 e. The topological polar surface area (TPSA) is 63.3 Å². The first-order valence-corrected chi connectivity index (χ1v) is 11.7. The highest BCUT2D eigenvalue weighted by Crippen LogP contribution is 2.51. The summed E-state index contributed by atoms with van der Waals surface area (Å²) in [5, 5.41) is 14.0. The smallest absolute Gasteiger partial charge is 0.314 e. The van der Waals surface area contributed by atoms with Crippen LogP contribution in [0.2, 0.25) is 0 Å². The van der Waals surface area contributed by atoms with Crippen LogP contribution in [0.4, 0.5) is 0 Å². The van der Waals surface area contributed by atoms with Crippen LogP contribution in [0.5, 0.6) is 0 Å². The molecule has 4 aromatic rings. The van der Waals surface area contributed by atoms with Crippen molar-refractivity contribution in [1.29, 1.82) is 0 Å². The van der Waals surface area contributed by atoms with Gasteiger partial charge in [0.1, 0.15) is 0 Å². The first kappa shape index (κ1) is 21.9. The van der Waals surface area contributed by atoms with Gasteiger partial charge >= 0.3 is 5.97 Å². The minimum atomic E-state index is -0.741. The van der Waals surface area contributed by atoms with E-state index in [1.165, 1.54) is 5.56 Å². The van der Waals surface area contributed by atoms with Crippen molar-refractivity contribution in [3.05, 3.63) is 107 Å². The highest BCUT2D eigenvalue weighted by atomic mass is 16.5. The Morgan fingerprint density at radius 2 is 1.65 bits per heavy atom. The number of carboxylic acids is 1. The van der Waals surface area contributed by atoms with Crippen molar-refractivity contribution >= 4 is 12.0 Å². The minimum Gasteiger partial charge on any atom is -0.481 e. The van der Waals surface area contributed by atoms with Crippen molar-refractivity contribution in [1.82, 2.24) is 5.16 Å². The van der Waals surface area contributed by atoms with Gasteiger partial charge in [-0.2, -0.15) is 0 Å². The van der Waals surface area contributed by atoms with E-state index in [0.717, 1.165) is 52.1 Å². The quantitative estimate of drug-likeness (QED) is 0.312. The van der Waals surface area contributed by atoms with Crippen molar-refractivity contribution < 1.29 is 14.4 Å². The zero-order valence-electron chi connectivity index (χ0n) is 19.2. The van der Waals surface area contributed by atoms with E-state index < -0.39 is 11.4 Å². The molecule has 5 rings (SSSR count).